The van der Waals surface area contributed by atoms with Crippen LogP contribution in [0.4, 0.5) is 4.39 Å². The zero-order chi connectivity index (χ0) is 19.8. The Kier molecular flexibility index (Phi) is 15.0. The number of aromatic nitrogens is 1. The molecule has 0 aliphatic rings. The van der Waals surface area contributed by atoms with Gasteiger partial charge in [-0.15, -0.1) is 0 Å². The maximum absolute atomic E-state index is 12.4. The molecular weight excluding hydrogens is 323 g/mol. The number of hydrogen-bond donors (Lipinski definition) is 2. The van der Waals surface area contributed by atoms with Gasteiger partial charge >= 0.3 is 0 Å². The molecule has 0 amide bonds. The van der Waals surface area contributed by atoms with Gasteiger partial charge in [0.15, 0.2) is 0 Å². The molecule has 1 aromatic carbocycles. The molecule has 2 rings (SSSR count). The highest BCUT2D eigenvalue weighted by Gasteiger charge is 2.16. The van der Waals surface area contributed by atoms with Crippen LogP contribution in [0.5, 0.6) is 0 Å². The van der Waals surface area contributed by atoms with Crippen LogP contribution in [0.25, 0.3) is 11.1 Å². The number of aliphatic hydroxyl groups is 1. The number of hydrogen-bond acceptors (Lipinski definition) is 5. The standard InChI is InChI=1S/C15H17FN2O.C2H6.2CH2O/c1-10-2-3-13(9-18-10)11-4-6-12(7-5-11)15(19)14(17)8-16;3*1-2/h2-7,9,14-15,19H,8,17H2,1H3;1-2H3;2*1H2. The van der Waals surface area contributed by atoms with Crippen molar-refractivity contribution in [3.63, 3.8) is 0 Å². The number of rotatable bonds is 4. The van der Waals surface area contributed by atoms with Crippen LogP contribution in [0.1, 0.15) is 31.2 Å². The van der Waals surface area contributed by atoms with Gasteiger partial charge in [0.05, 0.1) is 12.1 Å². The van der Waals surface area contributed by atoms with E-state index in [-0.39, 0.29) is 0 Å². The highest BCUT2D eigenvalue weighted by Crippen LogP contribution is 2.22. The molecule has 2 atom stereocenters. The summed E-state index contributed by atoms with van der Waals surface area (Å²) in [6.45, 7) is 9.19. The lowest BCUT2D eigenvalue weighted by Crippen LogP contribution is -2.30. The van der Waals surface area contributed by atoms with Gasteiger partial charge in [-0.1, -0.05) is 44.2 Å². The molecule has 3 N–H and O–H groups in total. The molecule has 0 spiro atoms. The third-order valence-electron chi connectivity index (χ3n) is 3.08. The van der Waals surface area contributed by atoms with E-state index in [4.69, 9.17) is 15.3 Å². The fraction of sp³-hybridized carbons (Fsp3) is 0.316. The van der Waals surface area contributed by atoms with E-state index in [0.717, 1.165) is 16.8 Å². The van der Waals surface area contributed by atoms with Crippen LogP contribution in [0, 0.1) is 6.92 Å². The normalized spacial score (nSPS) is 11.3. The summed E-state index contributed by atoms with van der Waals surface area (Å²) in [7, 11) is 0. The molecule has 0 bridgehead atoms. The minimum Gasteiger partial charge on any atom is -0.387 e. The van der Waals surface area contributed by atoms with Crippen molar-refractivity contribution in [2.24, 2.45) is 5.73 Å². The summed E-state index contributed by atoms with van der Waals surface area (Å²) in [5.74, 6) is 0. The van der Waals surface area contributed by atoms with Crippen LogP contribution in [0.3, 0.4) is 0 Å². The van der Waals surface area contributed by atoms with Crippen LogP contribution >= 0.6 is 0 Å². The molecular formula is C19H27FN2O3. The molecule has 2 aromatic rings. The lowest BCUT2D eigenvalue weighted by Gasteiger charge is -2.16. The van der Waals surface area contributed by atoms with Crippen molar-refractivity contribution < 1.29 is 19.1 Å². The number of aryl methyl sites for hydroxylation is 1. The van der Waals surface area contributed by atoms with Crippen molar-refractivity contribution >= 4 is 13.6 Å². The van der Waals surface area contributed by atoms with Gasteiger partial charge < -0.3 is 20.4 Å². The van der Waals surface area contributed by atoms with Gasteiger partial charge in [0, 0.05) is 17.5 Å². The van der Waals surface area contributed by atoms with E-state index in [9.17, 15) is 9.50 Å². The predicted molar refractivity (Wildman–Crippen MR) is 98.9 cm³/mol. The second kappa shape index (κ2) is 15.1. The minimum absolute atomic E-state index is 0.619. The summed E-state index contributed by atoms with van der Waals surface area (Å²) in [5.41, 5.74) is 9.06. The fourth-order valence-electron chi connectivity index (χ4n) is 1.84. The van der Waals surface area contributed by atoms with E-state index in [1.165, 1.54) is 0 Å². The number of nitrogens with two attached hydrogens (primary N) is 1. The first kappa shape index (κ1) is 24.8. The Balaban J connectivity index is 0. The number of halogens is 1. The lowest BCUT2D eigenvalue weighted by molar-refractivity contribution is -0.0987. The number of carbonyl (C=O) groups excluding carboxylic acids is 2. The van der Waals surface area contributed by atoms with E-state index in [1.54, 1.807) is 18.3 Å². The topological polar surface area (TPSA) is 93.3 Å². The Morgan fingerprint density at radius 2 is 1.52 bits per heavy atom. The quantitative estimate of drug-likeness (QED) is 0.884. The van der Waals surface area contributed by atoms with Crippen LogP contribution in [-0.2, 0) is 9.59 Å². The van der Waals surface area contributed by atoms with Crippen molar-refractivity contribution in [1.29, 1.82) is 0 Å². The van der Waals surface area contributed by atoms with E-state index < -0.39 is 18.8 Å². The van der Waals surface area contributed by atoms with E-state index >= 15 is 0 Å². The average molecular weight is 350 g/mol. The van der Waals surface area contributed by atoms with Crippen molar-refractivity contribution in [1.82, 2.24) is 4.98 Å². The molecule has 0 saturated carbocycles. The van der Waals surface area contributed by atoms with Crippen molar-refractivity contribution in [2.45, 2.75) is 32.9 Å². The monoisotopic (exact) mass is 350 g/mol. The summed E-state index contributed by atoms with van der Waals surface area (Å²) in [4.78, 5) is 20.2. The molecule has 1 heterocycles. The van der Waals surface area contributed by atoms with E-state index in [1.807, 2.05) is 58.6 Å². The number of benzene rings is 1. The van der Waals surface area contributed by atoms with Gasteiger partial charge in [-0.2, -0.15) is 0 Å². The molecule has 0 radical (unpaired) electrons. The maximum atomic E-state index is 12.4. The number of aliphatic hydroxyl groups excluding tert-OH is 1. The van der Waals surface area contributed by atoms with Gasteiger partial charge in [0.25, 0.3) is 0 Å². The second-order valence-electron chi connectivity index (χ2n) is 4.57. The molecule has 0 aliphatic heterocycles. The Morgan fingerprint density at radius 1 is 1.04 bits per heavy atom. The lowest BCUT2D eigenvalue weighted by atomic mass is 10.00. The zero-order valence-electron chi connectivity index (χ0n) is 15.0. The largest absolute Gasteiger partial charge is 0.387 e. The smallest absolute Gasteiger partial charge is 0.107 e. The van der Waals surface area contributed by atoms with Gasteiger partial charge in [-0.3, -0.25) is 4.98 Å². The summed E-state index contributed by atoms with van der Waals surface area (Å²) >= 11 is 0. The van der Waals surface area contributed by atoms with Crippen molar-refractivity contribution in [3.8, 4) is 11.1 Å². The Bertz CT molecular complexity index is 560. The first-order valence-electron chi connectivity index (χ1n) is 7.72. The molecule has 0 saturated heterocycles. The summed E-state index contributed by atoms with van der Waals surface area (Å²) in [6, 6.07) is 10.3. The molecule has 1 aromatic heterocycles. The number of pyridine rings is 1. The summed E-state index contributed by atoms with van der Waals surface area (Å²) < 4.78 is 12.4. The second-order valence-corrected chi connectivity index (χ2v) is 4.57. The number of carbonyl (C=O) groups is 2. The van der Waals surface area contributed by atoms with Gasteiger partial charge in [-0.25, -0.2) is 4.39 Å². The maximum Gasteiger partial charge on any atom is 0.107 e. The van der Waals surface area contributed by atoms with Gasteiger partial charge in [-0.05, 0) is 24.1 Å². The highest BCUT2D eigenvalue weighted by atomic mass is 19.1. The zero-order valence-corrected chi connectivity index (χ0v) is 15.0. The van der Waals surface area contributed by atoms with Crippen LogP contribution in [-0.4, -0.2) is 36.4 Å². The fourth-order valence-corrected chi connectivity index (χ4v) is 1.84. The third kappa shape index (κ3) is 8.28. The molecule has 0 fully saturated rings. The van der Waals surface area contributed by atoms with E-state index in [0.29, 0.717) is 5.56 Å². The predicted octanol–water partition coefficient (Wildman–Crippen LogP) is 3.04. The van der Waals surface area contributed by atoms with Crippen LogP contribution < -0.4 is 5.73 Å². The Morgan fingerprint density at radius 3 is 1.92 bits per heavy atom. The molecule has 25 heavy (non-hydrogen) atoms. The molecule has 0 aliphatic carbocycles. The molecule has 6 heteroatoms. The Hall–Kier alpha value is -2.44. The van der Waals surface area contributed by atoms with Crippen LogP contribution in [0.15, 0.2) is 42.6 Å². The highest BCUT2D eigenvalue weighted by molar-refractivity contribution is 5.62. The van der Waals surface area contributed by atoms with Crippen LogP contribution in [0.2, 0.25) is 0 Å². The van der Waals surface area contributed by atoms with Gasteiger partial charge in [0.1, 0.15) is 20.3 Å². The van der Waals surface area contributed by atoms with Crippen molar-refractivity contribution in [2.75, 3.05) is 6.67 Å². The number of nitrogens with zero attached hydrogens (tertiary/aromatic N) is 1. The first-order valence-corrected chi connectivity index (χ1v) is 7.72. The van der Waals surface area contributed by atoms with E-state index in [2.05, 4.69) is 4.98 Å². The third-order valence-corrected chi connectivity index (χ3v) is 3.08. The van der Waals surface area contributed by atoms with Gasteiger partial charge in [0.2, 0.25) is 0 Å². The first-order chi connectivity index (χ1) is 12.1. The Labute approximate surface area is 148 Å². The molecule has 5 nitrogen and oxygen atoms in total. The number of alkyl halides is 1. The summed E-state index contributed by atoms with van der Waals surface area (Å²) in [5, 5.41) is 9.81. The SMILES string of the molecule is C=O.C=O.CC.Cc1ccc(-c2ccc(C(O)C(N)CF)cc2)cn1. The molecule has 2 unspecified atom stereocenters. The van der Waals surface area contributed by atoms with Crippen molar-refractivity contribution in [3.05, 3.63) is 53.9 Å². The summed E-state index contributed by atoms with van der Waals surface area (Å²) in [6.07, 6.45) is 0.823. The average Bonchev–Trinajstić information content (AvgIpc) is 2.72. The molecule has 138 valence electrons. The minimum atomic E-state index is -0.977.